The maximum atomic E-state index is 13.5. The number of hydrogen-bond acceptors (Lipinski definition) is 5. The highest BCUT2D eigenvalue weighted by Gasteiger charge is 2.28. The molecule has 0 atom stereocenters. The average molecular weight is 492 g/mol. The van der Waals surface area contributed by atoms with Crippen molar-refractivity contribution in [1.29, 1.82) is 0 Å². The summed E-state index contributed by atoms with van der Waals surface area (Å²) in [5, 5.41) is 2.04. The number of amides is 1. The second-order valence-corrected chi connectivity index (χ2v) is 11.9. The molecule has 1 fully saturated rings. The molecule has 0 aliphatic carbocycles. The van der Waals surface area contributed by atoms with Crippen LogP contribution in [0.15, 0.2) is 41.8 Å². The highest BCUT2D eigenvalue weighted by atomic mass is 32.2. The summed E-state index contributed by atoms with van der Waals surface area (Å²) in [7, 11) is -3.49. The Morgan fingerprint density at radius 3 is 2.45 bits per heavy atom. The summed E-state index contributed by atoms with van der Waals surface area (Å²) in [6.07, 6.45) is 3.74. The summed E-state index contributed by atoms with van der Waals surface area (Å²) in [5.74, 6) is -0.0485. The topological polar surface area (TPSA) is 60.9 Å². The van der Waals surface area contributed by atoms with E-state index in [2.05, 4.69) is 17.9 Å². The molecule has 1 aromatic heterocycles. The Kier molecular flexibility index (Phi) is 9.92. The number of likely N-dealkylation sites (tertiary alicyclic amines) is 1. The van der Waals surface area contributed by atoms with Gasteiger partial charge >= 0.3 is 0 Å². The Labute approximate surface area is 203 Å². The van der Waals surface area contributed by atoms with E-state index in [0.717, 1.165) is 48.4 Å². The highest BCUT2D eigenvalue weighted by Crippen LogP contribution is 2.20. The molecule has 1 saturated heterocycles. The first-order valence-electron chi connectivity index (χ1n) is 11.9. The molecule has 0 saturated carbocycles. The molecule has 0 radical (unpaired) electrons. The van der Waals surface area contributed by atoms with Crippen LogP contribution in [0.1, 0.15) is 48.6 Å². The van der Waals surface area contributed by atoms with Crippen LogP contribution in [0.2, 0.25) is 0 Å². The Bertz CT molecular complexity index is 970. The molecule has 2 heterocycles. The van der Waals surface area contributed by atoms with Crippen LogP contribution >= 0.6 is 11.3 Å². The monoisotopic (exact) mass is 491 g/mol. The number of rotatable bonds is 13. The molecule has 0 bridgehead atoms. The minimum atomic E-state index is -3.49. The second kappa shape index (κ2) is 12.6. The van der Waals surface area contributed by atoms with Crippen LogP contribution in [0, 0.1) is 6.92 Å². The molecule has 1 aromatic carbocycles. The summed E-state index contributed by atoms with van der Waals surface area (Å²) in [5.41, 5.74) is 2.20. The van der Waals surface area contributed by atoms with Gasteiger partial charge in [0.25, 0.3) is 0 Å². The number of unbranched alkanes of at least 4 members (excludes halogenated alkanes) is 1. The van der Waals surface area contributed by atoms with Gasteiger partial charge < -0.3 is 9.80 Å². The van der Waals surface area contributed by atoms with E-state index in [9.17, 15) is 13.2 Å². The summed E-state index contributed by atoms with van der Waals surface area (Å²) < 4.78 is 27.7. The van der Waals surface area contributed by atoms with E-state index in [1.165, 1.54) is 4.31 Å². The molecular formula is C25H37N3O3S2. The molecule has 1 aliphatic heterocycles. The molecular weight excluding hydrogens is 454 g/mol. The van der Waals surface area contributed by atoms with Crippen molar-refractivity contribution in [3.63, 3.8) is 0 Å². The fourth-order valence-corrected chi connectivity index (χ4v) is 6.56. The van der Waals surface area contributed by atoms with Crippen molar-refractivity contribution in [3.8, 4) is 0 Å². The molecule has 0 unspecified atom stereocenters. The summed E-state index contributed by atoms with van der Waals surface area (Å²) in [4.78, 5) is 18.8. The van der Waals surface area contributed by atoms with Crippen molar-refractivity contribution in [2.24, 2.45) is 0 Å². The Morgan fingerprint density at radius 2 is 1.82 bits per heavy atom. The minimum Gasteiger partial charge on any atom is -0.332 e. The lowest BCUT2D eigenvalue weighted by molar-refractivity contribution is -0.132. The highest BCUT2D eigenvalue weighted by molar-refractivity contribution is 7.89. The van der Waals surface area contributed by atoms with Crippen LogP contribution in [0.4, 0.5) is 0 Å². The van der Waals surface area contributed by atoms with Crippen LogP contribution in [0.3, 0.4) is 0 Å². The van der Waals surface area contributed by atoms with E-state index in [-0.39, 0.29) is 18.2 Å². The van der Waals surface area contributed by atoms with E-state index in [1.807, 2.05) is 42.6 Å². The van der Waals surface area contributed by atoms with E-state index in [4.69, 9.17) is 0 Å². The first-order chi connectivity index (χ1) is 15.9. The molecule has 1 aliphatic rings. The third kappa shape index (κ3) is 7.91. The van der Waals surface area contributed by atoms with Gasteiger partial charge in [-0.25, -0.2) is 8.42 Å². The normalized spacial score (nSPS) is 14.8. The van der Waals surface area contributed by atoms with Gasteiger partial charge in [0.15, 0.2) is 0 Å². The molecule has 0 spiro atoms. The van der Waals surface area contributed by atoms with Crippen molar-refractivity contribution in [2.75, 3.05) is 38.5 Å². The first kappa shape index (κ1) is 25.9. The van der Waals surface area contributed by atoms with Crippen LogP contribution < -0.4 is 0 Å². The maximum absolute atomic E-state index is 13.5. The second-order valence-electron chi connectivity index (χ2n) is 8.81. The largest absolute Gasteiger partial charge is 0.332 e. The standard InChI is InChI=1S/C25H37N3O3S2/c1-3-4-18-33(30,31)28(16-15-26-13-8-9-14-26)21-25(29)27(19-23-10-6-5-7-11-23)20-24-22(2)12-17-32-24/h5-7,10-12,17H,3-4,8-9,13-16,18-21H2,1-2H3. The van der Waals surface area contributed by atoms with Gasteiger partial charge in [-0.3, -0.25) is 4.79 Å². The number of sulfonamides is 1. The van der Waals surface area contributed by atoms with Gasteiger partial charge in [0.2, 0.25) is 15.9 Å². The lowest BCUT2D eigenvalue weighted by Gasteiger charge is -2.28. The Balaban J connectivity index is 1.76. The number of hydrogen-bond donors (Lipinski definition) is 0. The average Bonchev–Trinajstić information content (AvgIpc) is 3.47. The zero-order valence-electron chi connectivity index (χ0n) is 19.9. The van der Waals surface area contributed by atoms with E-state index in [1.54, 1.807) is 16.2 Å². The Hall–Kier alpha value is -1.74. The molecule has 6 nitrogen and oxygen atoms in total. The minimum absolute atomic E-state index is 0.0967. The number of carbonyl (C=O) groups is 1. The molecule has 2 aromatic rings. The number of aryl methyl sites for hydroxylation is 1. The molecule has 3 rings (SSSR count). The van der Waals surface area contributed by atoms with Crippen LogP contribution in [0.5, 0.6) is 0 Å². The lowest BCUT2D eigenvalue weighted by atomic mass is 10.2. The third-order valence-corrected chi connectivity index (χ3v) is 9.11. The van der Waals surface area contributed by atoms with Crippen molar-refractivity contribution in [1.82, 2.24) is 14.1 Å². The quantitative estimate of drug-likeness (QED) is 0.423. The Morgan fingerprint density at radius 1 is 1.09 bits per heavy atom. The zero-order valence-corrected chi connectivity index (χ0v) is 21.5. The number of thiophene rings is 1. The SMILES string of the molecule is CCCCS(=O)(=O)N(CCN1CCCC1)CC(=O)N(Cc1ccccc1)Cc1sccc1C. The van der Waals surface area contributed by atoms with Gasteiger partial charge in [-0.05, 0) is 61.8 Å². The summed E-state index contributed by atoms with van der Waals surface area (Å²) in [6, 6.07) is 12.0. The van der Waals surface area contributed by atoms with E-state index in [0.29, 0.717) is 32.6 Å². The first-order valence-corrected chi connectivity index (χ1v) is 14.4. The van der Waals surface area contributed by atoms with Crippen molar-refractivity contribution in [3.05, 3.63) is 57.8 Å². The van der Waals surface area contributed by atoms with E-state index < -0.39 is 10.0 Å². The number of benzene rings is 1. The lowest BCUT2D eigenvalue weighted by Crippen LogP contribution is -2.45. The van der Waals surface area contributed by atoms with Crippen molar-refractivity contribution < 1.29 is 13.2 Å². The van der Waals surface area contributed by atoms with Crippen LogP contribution in [-0.2, 0) is 27.9 Å². The van der Waals surface area contributed by atoms with Crippen LogP contribution in [-0.4, -0.2) is 66.9 Å². The predicted molar refractivity (Wildman–Crippen MR) is 136 cm³/mol. The molecule has 8 heteroatoms. The zero-order chi connectivity index (χ0) is 23.7. The van der Waals surface area contributed by atoms with Gasteiger partial charge in [-0.15, -0.1) is 11.3 Å². The van der Waals surface area contributed by atoms with Gasteiger partial charge in [0.1, 0.15) is 0 Å². The molecule has 33 heavy (non-hydrogen) atoms. The van der Waals surface area contributed by atoms with Gasteiger partial charge in [0.05, 0.1) is 18.8 Å². The number of carbonyl (C=O) groups excluding carboxylic acids is 1. The molecule has 0 N–H and O–H groups in total. The van der Waals surface area contributed by atoms with Crippen LogP contribution in [0.25, 0.3) is 0 Å². The smallest absolute Gasteiger partial charge is 0.238 e. The predicted octanol–water partition coefficient (Wildman–Crippen LogP) is 4.11. The fraction of sp³-hybridized carbons (Fsp3) is 0.560. The van der Waals surface area contributed by atoms with Crippen molar-refractivity contribution in [2.45, 2.75) is 52.6 Å². The molecule has 1 amide bonds. The maximum Gasteiger partial charge on any atom is 0.238 e. The van der Waals surface area contributed by atoms with Gasteiger partial charge in [-0.1, -0.05) is 43.7 Å². The summed E-state index contributed by atoms with van der Waals surface area (Å²) >= 11 is 1.64. The van der Waals surface area contributed by atoms with Gasteiger partial charge in [0, 0.05) is 24.5 Å². The van der Waals surface area contributed by atoms with Crippen molar-refractivity contribution >= 4 is 27.3 Å². The summed E-state index contributed by atoms with van der Waals surface area (Å²) in [6.45, 7) is 7.96. The van der Waals surface area contributed by atoms with Gasteiger partial charge in [-0.2, -0.15) is 4.31 Å². The third-order valence-electron chi connectivity index (χ3n) is 6.20. The number of nitrogens with zero attached hydrogens (tertiary/aromatic N) is 3. The molecule has 182 valence electrons. The van der Waals surface area contributed by atoms with E-state index >= 15 is 0 Å². The fourth-order valence-electron chi connectivity index (χ4n) is 4.06.